The zero-order valence-corrected chi connectivity index (χ0v) is 87.3. The van der Waals surface area contributed by atoms with Crippen LogP contribution in [0.2, 0.25) is 0 Å². The fourth-order valence-electron chi connectivity index (χ4n) is 18.9. The van der Waals surface area contributed by atoms with E-state index < -0.39 is 0 Å². The molecule has 9 fully saturated rings. The summed E-state index contributed by atoms with van der Waals surface area (Å²) in [5, 5.41) is 8.86. The fraction of sp³-hybridized carbons (Fsp3) is 0.682. The van der Waals surface area contributed by atoms with E-state index in [0.29, 0.717) is 48.0 Å². The zero-order valence-electron chi connectivity index (χ0n) is 87.3. The van der Waals surface area contributed by atoms with Gasteiger partial charge in [-0.15, -0.1) is 0 Å². The Balaban J connectivity index is 0.000000162. The van der Waals surface area contributed by atoms with Crippen molar-refractivity contribution >= 4 is 39.8 Å². The van der Waals surface area contributed by atoms with E-state index in [4.69, 9.17) is 14.6 Å². The third-order valence-corrected chi connectivity index (χ3v) is 28.4. The van der Waals surface area contributed by atoms with E-state index in [1.165, 1.54) is 170 Å². The lowest BCUT2D eigenvalue weighted by Gasteiger charge is -2.43. The van der Waals surface area contributed by atoms with Gasteiger partial charge in [0.1, 0.15) is 0 Å². The van der Waals surface area contributed by atoms with E-state index in [-0.39, 0.29) is 5.54 Å². The maximum absolute atomic E-state index is 8.86. The number of piperazine rings is 7. The van der Waals surface area contributed by atoms with Gasteiger partial charge < -0.3 is 48.9 Å². The number of methoxy groups -OCH3 is 1. The summed E-state index contributed by atoms with van der Waals surface area (Å²) in [6.45, 7) is 81.2. The van der Waals surface area contributed by atoms with E-state index in [9.17, 15) is 0 Å². The number of rotatable bonds is 29. The molecule has 1 N–H and O–H groups in total. The van der Waals surface area contributed by atoms with Gasteiger partial charge >= 0.3 is 0 Å². The Morgan fingerprint density at radius 3 is 0.769 bits per heavy atom. The van der Waals surface area contributed by atoms with Crippen molar-refractivity contribution in [1.82, 2.24) is 69.2 Å². The molecule has 0 bridgehead atoms. The van der Waals surface area contributed by atoms with Crippen molar-refractivity contribution in [3.63, 3.8) is 0 Å². The average Bonchev–Trinajstić information content (AvgIpc) is 1.71. The lowest BCUT2D eigenvalue weighted by atomic mass is 10.0. The molecule has 24 heteroatoms. The summed E-state index contributed by atoms with van der Waals surface area (Å²) >= 11 is 0. The molecule has 0 unspecified atom stereocenters. The topological polar surface area (TPSA) is 174 Å². The van der Waals surface area contributed by atoms with Crippen molar-refractivity contribution in [2.45, 2.75) is 248 Å². The summed E-state index contributed by atoms with van der Waals surface area (Å²) in [7, 11) is 1.77. The molecule has 7 aromatic heterocycles. The minimum atomic E-state index is 0.282. The zero-order chi connectivity index (χ0) is 95.9. The Labute approximate surface area is 812 Å². The quantitative estimate of drug-likeness (QED) is 0.0438. The van der Waals surface area contributed by atoms with Crippen molar-refractivity contribution in [2.75, 3.05) is 277 Å². The van der Waals surface area contributed by atoms with E-state index >= 15 is 0 Å². The standard InChI is InChI=1S/C17H27N3.2C16H27N3O.C16H27N3.C15H25N3O.C15H23N3.C15H25N3/c1-14(2)15-11-17(13-18-12-15)20-9-7-19(8-10-20)16-5-3-4-6-16;1-14(2)15-11-16(13-17-12-15)19-8-6-18(7-9-19)5-4-10-20-3;1-4-20-10-9-18-5-7-19(8-6-18)16-11-15(14(2)3)12-17-13-16;1-13(2)14-10-15(12-17-11-14)18-6-8-19(9-7-18)16(3,4)5;1-13(2)14-10-15(12-16-11-14)18-7-5-17(6-8-18)4-3-9-19;1-12(2)13-9-15(11-16-10-13)18-7-5-17(6-8-18)14-3-4-14;1-4-5-17-6-8-18(9-7-17)15-10-14(13(2)3)11-16-12-15/h11-14,16H,3-10H2,1-2H3;2*11-14H,4-10H2,1-3H3;10-13H,6-9H2,1-5H3;10-13,19H,3-9H2,1-2H3;9-12,14H,3-8H2,1-2H3;10-13H,4-9H2,1-3H3. The van der Waals surface area contributed by atoms with Crippen LogP contribution in [0.4, 0.5) is 39.8 Å². The van der Waals surface area contributed by atoms with Crippen LogP contribution in [0.1, 0.15) is 270 Å². The normalized spacial score (nSPS) is 18.6. The first-order valence-electron chi connectivity index (χ1n) is 52.4. The van der Waals surface area contributed by atoms with Crippen molar-refractivity contribution in [1.29, 1.82) is 0 Å². The molecule has 134 heavy (non-hydrogen) atoms. The highest BCUT2D eigenvalue weighted by Gasteiger charge is 2.33. The van der Waals surface area contributed by atoms with Crippen LogP contribution in [-0.2, 0) is 9.47 Å². The maximum atomic E-state index is 8.86. The predicted octanol–water partition coefficient (Wildman–Crippen LogP) is 18.1. The summed E-state index contributed by atoms with van der Waals surface area (Å²) in [5.74, 6) is 3.82. The summed E-state index contributed by atoms with van der Waals surface area (Å²) < 4.78 is 10.5. The van der Waals surface area contributed by atoms with Crippen molar-refractivity contribution < 1.29 is 14.6 Å². The predicted molar refractivity (Wildman–Crippen MR) is 564 cm³/mol. The van der Waals surface area contributed by atoms with Crippen molar-refractivity contribution in [3.8, 4) is 0 Å². The molecule has 0 atom stereocenters. The van der Waals surface area contributed by atoms with Crippen molar-refractivity contribution in [3.05, 3.63) is 168 Å². The van der Waals surface area contributed by atoms with Gasteiger partial charge in [-0.2, -0.15) is 0 Å². The van der Waals surface area contributed by atoms with Crippen LogP contribution >= 0.6 is 0 Å². The maximum Gasteiger partial charge on any atom is 0.0593 e. The molecule has 2 saturated carbocycles. The van der Waals surface area contributed by atoms with Gasteiger partial charge in [0.05, 0.1) is 89.8 Å². The molecule has 0 radical (unpaired) electrons. The number of pyridine rings is 7. The summed E-state index contributed by atoms with van der Waals surface area (Å²) in [6, 6.07) is 17.8. The van der Waals surface area contributed by atoms with Crippen LogP contribution in [0, 0.1) is 0 Å². The highest BCUT2D eigenvalue weighted by atomic mass is 16.5. The highest BCUT2D eigenvalue weighted by molar-refractivity contribution is 5.53. The second-order valence-electron chi connectivity index (χ2n) is 41.7. The second kappa shape index (κ2) is 57.0. The first-order chi connectivity index (χ1) is 64.7. The molecule has 0 amide bonds. The third-order valence-electron chi connectivity index (χ3n) is 28.4. The molecule has 0 spiro atoms. The molecule has 14 heterocycles. The molecular weight excluding hydrogens is 1660 g/mol. The molecule has 7 aromatic rings. The Bertz CT molecular complexity index is 4270. The summed E-state index contributed by atoms with van der Waals surface area (Å²) in [4.78, 5) is 65.8. The van der Waals surface area contributed by atoms with Gasteiger partial charge in [-0.1, -0.05) is 117 Å². The molecule has 7 saturated heterocycles. The van der Waals surface area contributed by atoms with Gasteiger partial charge in [0.2, 0.25) is 0 Å². The van der Waals surface area contributed by atoms with E-state index in [1.807, 2.05) is 93.7 Å². The van der Waals surface area contributed by atoms with Gasteiger partial charge in [0.15, 0.2) is 0 Å². The fourth-order valence-corrected chi connectivity index (χ4v) is 18.9. The molecule has 16 rings (SSSR count). The van der Waals surface area contributed by atoms with Crippen LogP contribution in [0.15, 0.2) is 129 Å². The number of aromatic nitrogens is 7. The Morgan fingerprint density at radius 1 is 0.299 bits per heavy atom. The van der Waals surface area contributed by atoms with E-state index in [1.54, 1.807) is 7.11 Å². The number of anilines is 7. The lowest BCUT2D eigenvalue weighted by Crippen LogP contribution is -2.53. The second-order valence-corrected chi connectivity index (χ2v) is 41.7. The first-order valence-corrected chi connectivity index (χ1v) is 52.4. The van der Waals surface area contributed by atoms with E-state index in [0.717, 1.165) is 208 Å². The van der Waals surface area contributed by atoms with Gasteiger partial charge in [-0.3, -0.25) is 69.2 Å². The number of ether oxygens (including phenoxy) is 2. The highest BCUT2D eigenvalue weighted by Crippen LogP contribution is 2.33. The lowest BCUT2D eigenvalue weighted by molar-refractivity contribution is 0.111. The molecule has 24 nitrogen and oxygen atoms in total. The molecular formula is C110H181N21O3. The van der Waals surface area contributed by atoms with E-state index in [2.05, 4.69) is 271 Å². The van der Waals surface area contributed by atoms with Gasteiger partial charge in [-0.25, -0.2) is 0 Å². The number of hydrogen-bond donors (Lipinski definition) is 1. The number of hydrogen-bond acceptors (Lipinski definition) is 24. The SMILES string of the molecule is CC(C)c1cncc(N2CCN(C(C)(C)C)CC2)c1.CC(C)c1cncc(N2CCN(C3CC3)CC2)c1.CC(C)c1cncc(N2CCN(C3CCCC3)CC2)c1.CC(C)c1cncc(N2CCN(CCCO)CC2)c1.CCCN1CCN(c2cncc(C(C)C)c2)CC1.CCOCCN1CCN(c2cncc(C(C)C)c2)CC1.COCCCN1CCN(c2cncc(C(C)C)c2)CC1. The van der Waals surface area contributed by atoms with Gasteiger partial charge in [0.25, 0.3) is 0 Å². The Hall–Kier alpha value is -7.75. The number of nitrogens with zero attached hydrogens (tertiary/aromatic N) is 21. The van der Waals surface area contributed by atoms with Crippen molar-refractivity contribution in [2.24, 2.45) is 0 Å². The molecule has 2 aliphatic carbocycles. The smallest absolute Gasteiger partial charge is 0.0593 e. The molecule has 744 valence electrons. The van der Waals surface area contributed by atoms with Gasteiger partial charge in [-0.05, 0) is 202 Å². The molecule has 7 aliphatic heterocycles. The van der Waals surface area contributed by atoms with Gasteiger partial charge in [0, 0.05) is 291 Å². The Morgan fingerprint density at radius 2 is 0.537 bits per heavy atom. The summed E-state index contributed by atoms with van der Waals surface area (Å²) in [5.41, 5.74) is 18.5. The van der Waals surface area contributed by atoms with Crippen LogP contribution in [0.5, 0.6) is 0 Å². The third kappa shape index (κ3) is 35.9. The van der Waals surface area contributed by atoms with Crippen LogP contribution < -0.4 is 34.3 Å². The van der Waals surface area contributed by atoms with Crippen LogP contribution in [-0.4, -0.2) is 335 Å². The number of aliphatic hydroxyl groups excluding tert-OH is 1. The monoisotopic (exact) mass is 1840 g/mol. The Kier molecular flexibility index (Phi) is 46.0. The molecule has 9 aliphatic rings. The summed E-state index contributed by atoms with van der Waals surface area (Å²) in [6.07, 6.45) is 39.7. The number of aliphatic hydroxyl groups is 1. The minimum absolute atomic E-state index is 0.282. The van der Waals surface area contributed by atoms with Crippen LogP contribution in [0.3, 0.4) is 0 Å². The largest absolute Gasteiger partial charge is 0.396 e. The minimum Gasteiger partial charge on any atom is -0.396 e. The first kappa shape index (κ1) is 108. The average molecular weight is 1850 g/mol. The molecule has 0 aromatic carbocycles. The van der Waals surface area contributed by atoms with Crippen LogP contribution in [0.25, 0.3) is 0 Å².